The van der Waals surface area contributed by atoms with Crippen LogP contribution in [0.4, 0.5) is 36.6 Å². The minimum absolute atomic E-state index is 0.0671. The monoisotopic (exact) mass is 725 g/mol. The van der Waals surface area contributed by atoms with Gasteiger partial charge in [-0.2, -0.15) is 32.1 Å². The van der Waals surface area contributed by atoms with Gasteiger partial charge in [0, 0.05) is 41.1 Å². The number of aromatic nitrogens is 5. The summed E-state index contributed by atoms with van der Waals surface area (Å²) in [5, 5.41) is 21.2. The number of alkyl halides is 5. The average molecular weight is 726 g/mol. The first-order valence-electron chi connectivity index (χ1n) is 16.1. The molecule has 3 heterocycles. The first-order valence-corrected chi connectivity index (χ1v) is 16.1. The number of halogens is 7. The number of anilines is 1. The molecule has 2 aromatic carbocycles. The van der Waals surface area contributed by atoms with E-state index in [1.807, 2.05) is 0 Å². The summed E-state index contributed by atoms with van der Waals surface area (Å²) in [5.41, 5.74) is 3.46. The Morgan fingerprint density at radius 1 is 1.10 bits per heavy atom. The number of nitrogens with one attached hydrogen (secondary N) is 1. The highest BCUT2D eigenvalue weighted by atomic mass is 19.4. The number of hydrogen-bond donors (Lipinski definition) is 3. The number of aryl methyl sites for hydroxylation is 1. The molecule has 2 aliphatic carbocycles. The van der Waals surface area contributed by atoms with E-state index in [2.05, 4.69) is 27.4 Å². The molecule has 0 aliphatic heterocycles. The van der Waals surface area contributed by atoms with Crippen molar-refractivity contribution in [2.24, 2.45) is 13.0 Å². The van der Waals surface area contributed by atoms with Crippen molar-refractivity contribution < 1.29 is 40.6 Å². The van der Waals surface area contributed by atoms with Crippen molar-refractivity contribution in [3.05, 3.63) is 94.1 Å². The molecule has 0 saturated heterocycles. The van der Waals surface area contributed by atoms with Crippen LogP contribution in [0.3, 0.4) is 0 Å². The van der Waals surface area contributed by atoms with Gasteiger partial charge in [0.15, 0.2) is 11.5 Å². The van der Waals surface area contributed by atoms with Crippen molar-refractivity contribution in [2.75, 3.05) is 5.73 Å². The molecule has 5 aromatic rings. The Labute approximate surface area is 291 Å². The number of nitrogens with two attached hydrogens (primary N) is 1. The number of hydrogen-bond acceptors (Lipinski definition) is 6. The van der Waals surface area contributed by atoms with Crippen LogP contribution in [0.15, 0.2) is 48.5 Å². The number of benzene rings is 2. The molecule has 9 nitrogen and oxygen atoms in total. The van der Waals surface area contributed by atoms with Gasteiger partial charge in [-0.1, -0.05) is 18.1 Å². The van der Waals surface area contributed by atoms with Crippen LogP contribution in [0.2, 0.25) is 0 Å². The number of rotatable bonds is 7. The van der Waals surface area contributed by atoms with E-state index in [4.69, 9.17) is 10.7 Å². The number of nitrogen functional groups attached to an aromatic ring is 1. The number of para-hydroxylation sites is 1. The number of aliphatic hydroxyl groups is 1. The van der Waals surface area contributed by atoms with E-state index in [0.29, 0.717) is 32.8 Å². The lowest BCUT2D eigenvalue weighted by Gasteiger charge is -2.23. The second-order valence-corrected chi connectivity index (χ2v) is 13.6. The van der Waals surface area contributed by atoms with Crippen molar-refractivity contribution in [2.45, 2.75) is 62.9 Å². The summed E-state index contributed by atoms with van der Waals surface area (Å²) in [5.74, 6) is -3.19. The fourth-order valence-electron chi connectivity index (χ4n) is 6.99. The fourth-order valence-corrected chi connectivity index (χ4v) is 6.99. The number of fused-ring (bicyclic) bond motifs is 4. The van der Waals surface area contributed by atoms with E-state index in [1.54, 1.807) is 37.4 Å². The molecule has 1 amide bonds. The van der Waals surface area contributed by atoms with Crippen molar-refractivity contribution >= 4 is 22.6 Å². The highest BCUT2D eigenvalue weighted by Gasteiger charge is 2.68. The van der Waals surface area contributed by atoms with Crippen LogP contribution in [0, 0.1) is 29.4 Å². The number of pyridine rings is 1. The van der Waals surface area contributed by atoms with Crippen LogP contribution in [-0.2, 0) is 36.9 Å². The lowest BCUT2D eigenvalue weighted by molar-refractivity contribution is -0.142. The molecule has 2 aliphatic rings. The van der Waals surface area contributed by atoms with E-state index in [0.717, 1.165) is 12.1 Å². The van der Waals surface area contributed by atoms with Gasteiger partial charge in [0.25, 0.3) is 5.92 Å². The number of carbonyl (C=O) groups excluding carboxylic acids is 1. The predicted octanol–water partition coefficient (Wildman–Crippen LogP) is 6.14. The first-order chi connectivity index (χ1) is 24.3. The second-order valence-electron chi connectivity index (χ2n) is 13.6. The van der Waals surface area contributed by atoms with Crippen LogP contribution in [0.25, 0.3) is 22.0 Å². The molecule has 0 spiro atoms. The third-order valence-corrected chi connectivity index (χ3v) is 9.13. The first kappa shape index (κ1) is 35.0. The molecule has 16 heteroatoms. The maximum atomic E-state index is 15.3. The summed E-state index contributed by atoms with van der Waals surface area (Å²) in [7, 11) is 1.66. The van der Waals surface area contributed by atoms with E-state index in [9.17, 15) is 31.9 Å². The molecule has 1 fully saturated rings. The van der Waals surface area contributed by atoms with Crippen molar-refractivity contribution in [1.82, 2.24) is 29.9 Å². The average Bonchev–Trinajstić information content (AvgIpc) is 3.59. The Bertz CT molecular complexity index is 2310. The zero-order chi connectivity index (χ0) is 37.5. The minimum atomic E-state index is -5.04. The molecular formula is C36H30F7N7O2. The van der Waals surface area contributed by atoms with E-state index >= 15 is 8.78 Å². The molecule has 3 atom stereocenters. The summed E-state index contributed by atoms with van der Waals surface area (Å²) in [4.78, 5) is 18.5. The molecule has 7 rings (SSSR count). The summed E-state index contributed by atoms with van der Waals surface area (Å²) < 4.78 is 103. The smallest absolute Gasteiger partial charge is 0.382 e. The van der Waals surface area contributed by atoms with Gasteiger partial charge in [0.05, 0.1) is 17.3 Å². The fraction of sp³-hybridized carbons (Fsp3) is 0.333. The molecule has 3 aromatic heterocycles. The lowest BCUT2D eigenvalue weighted by Crippen LogP contribution is -2.35. The minimum Gasteiger partial charge on any atom is -0.382 e. The molecule has 4 N–H and O–H groups in total. The Balaban J connectivity index is 1.36. The van der Waals surface area contributed by atoms with Gasteiger partial charge in [-0.15, -0.1) is 0 Å². The highest BCUT2D eigenvalue weighted by molar-refractivity contribution is 6.00. The van der Waals surface area contributed by atoms with Crippen LogP contribution in [0.5, 0.6) is 0 Å². The lowest BCUT2D eigenvalue weighted by atomic mass is 9.93. The van der Waals surface area contributed by atoms with Gasteiger partial charge in [0.2, 0.25) is 5.91 Å². The van der Waals surface area contributed by atoms with Crippen molar-refractivity contribution in [3.63, 3.8) is 0 Å². The largest absolute Gasteiger partial charge is 0.435 e. The standard InChI is InChI=1S/C36H30F7N7O2/c1-34(2,52)10-9-20-7-8-21(22-5-4-6-23-30(22)49(3)48-33(23)44)29(45-20)26(13-17-11-18(37)14-19(38)12-17)46-27(51)16-50-32-28(31(47-50)36(41,42)43)24-15-25(24)35(32,39)40/h4-8,11-12,14,24-26,52H,13,15-16H2,1-3H3,(H2,44,48)(H,46,51)/t24-,25+,26?/m0/s1. The summed E-state index contributed by atoms with van der Waals surface area (Å²) in [6, 6.07) is 9.80. The number of amides is 1. The molecule has 1 unspecified atom stereocenters. The van der Waals surface area contributed by atoms with E-state index in [-0.39, 0.29) is 35.6 Å². The van der Waals surface area contributed by atoms with E-state index in [1.165, 1.54) is 18.5 Å². The van der Waals surface area contributed by atoms with Gasteiger partial charge >= 0.3 is 6.18 Å². The molecule has 1 saturated carbocycles. The summed E-state index contributed by atoms with van der Waals surface area (Å²) in [6.07, 6.45) is -5.47. The Morgan fingerprint density at radius 3 is 2.48 bits per heavy atom. The van der Waals surface area contributed by atoms with Gasteiger partial charge in [-0.3, -0.25) is 14.2 Å². The van der Waals surface area contributed by atoms with Gasteiger partial charge in [0.1, 0.15) is 35.2 Å². The number of nitrogens with zero attached hydrogens (tertiary/aromatic N) is 5. The predicted molar refractivity (Wildman–Crippen MR) is 174 cm³/mol. The topological polar surface area (TPSA) is 124 Å². The van der Waals surface area contributed by atoms with Crippen LogP contribution >= 0.6 is 0 Å². The second kappa shape index (κ2) is 12.1. The third kappa shape index (κ3) is 6.33. The van der Waals surface area contributed by atoms with Crippen molar-refractivity contribution in [3.8, 4) is 23.0 Å². The van der Waals surface area contributed by atoms with Crippen LogP contribution in [-0.4, -0.2) is 41.2 Å². The molecule has 0 bridgehead atoms. The molecule has 270 valence electrons. The van der Waals surface area contributed by atoms with E-state index < -0.39 is 76.6 Å². The highest BCUT2D eigenvalue weighted by Crippen LogP contribution is 2.68. The number of carbonyl (C=O) groups is 1. The van der Waals surface area contributed by atoms with Gasteiger partial charge in [-0.05, 0) is 74.4 Å². The summed E-state index contributed by atoms with van der Waals surface area (Å²) >= 11 is 0. The van der Waals surface area contributed by atoms with Crippen molar-refractivity contribution in [1.29, 1.82) is 0 Å². The van der Waals surface area contributed by atoms with Gasteiger partial charge in [-0.25, -0.2) is 13.8 Å². The third-order valence-electron chi connectivity index (χ3n) is 9.13. The maximum Gasteiger partial charge on any atom is 0.435 e. The maximum absolute atomic E-state index is 15.3. The zero-order valence-corrected chi connectivity index (χ0v) is 27.8. The Morgan fingerprint density at radius 2 is 1.81 bits per heavy atom. The van der Waals surface area contributed by atoms with Gasteiger partial charge < -0.3 is 16.2 Å². The SMILES string of the molecule is Cn1nc(N)c2cccc(-c3ccc(C#CC(C)(C)O)nc3C(Cc3cc(F)cc(F)c3)NC(=O)Cn3nc(C(F)(F)F)c4c3C(F)(F)[C@@H]3C[C@H]43)c21. The van der Waals surface area contributed by atoms with Crippen LogP contribution < -0.4 is 11.1 Å². The summed E-state index contributed by atoms with van der Waals surface area (Å²) in [6.45, 7) is 1.88. The molecule has 52 heavy (non-hydrogen) atoms. The van der Waals surface area contributed by atoms with Crippen LogP contribution in [0.1, 0.15) is 66.1 Å². The quantitative estimate of drug-likeness (QED) is 0.137. The zero-order valence-electron chi connectivity index (χ0n) is 27.8. The molecular weight excluding hydrogens is 695 g/mol. The normalized spacial score (nSPS) is 18.1. The Hall–Kier alpha value is -5.43. The molecule has 0 radical (unpaired) electrons. The Kier molecular flexibility index (Phi) is 8.13.